The highest BCUT2D eigenvalue weighted by Gasteiger charge is 2.19. The second kappa shape index (κ2) is 6.16. The molecule has 2 N–H and O–H groups in total. The Kier molecular flexibility index (Phi) is 4.55. The summed E-state index contributed by atoms with van der Waals surface area (Å²) in [6, 6.07) is 4.53. The molecule has 0 radical (unpaired) electrons. The fraction of sp³-hybridized carbons (Fsp3) is 0.571. The maximum atomic E-state index is 13.1. The van der Waals surface area contributed by atoms with Crippen LogP contribution in [0.2, 0.25) is 0 Å². The number of ether oxygens (including phenoxy) is 1. The van der Waals surface area contributed by atoms with Crippen LogP contribution in [0.15, 0.2) is 18.2 Å². The molecule has 1 fully saturated rings. The molecule has 18 heavy (non-hydrogen) atoms. The first kappa shape index (κ1) is 13.3. The molecule has 1 aliphatic rings. The average molecular weight is 253 g/mol. The third kappa shape index (κ3) is 3.68. The van der Waals surface area contributed by atoms with Gasteiger partial charge in [0.05, 0.1) is 0 Å². The van der Waals surface area contributed by atoms with E-state index in [-0.39, 0.29) is 5.75 Å². The van der Waals surface area contributed by atoms with Crippen molar-refractivity contribution in [3.63, 3.8) is 0 Å². The summed E-state index contributed by atoms with van der Waals surface area (Å²) in [7, 11) is 0. The highest BCUT2D eigenvalue weighted by atomic mass is 19.1. The van der Waals surface area contributed by atoms with Gasteiger partial charge in [0, 0.05) is 31.9 Å². The predicted octanol–water partition coefficient (Wildman–Crippen LogP) is 2.44. The van der Waals surface area contributed by atoms with Crippen molar-refractivity contribution < 1.29 is 14.2 Å². The summed E-state index contributed by atoms with van der Waals surface area (Å²) < 4.78 is 18.4. The molecule has 3 nitrogen and oxygen atoms in total. The molecule has 1 aliphatic heterocycles. The van der Waals surface area contributed by atoms with Crippen LogP contribution in [0.5, 0.6) is 5.75 Å². The van der Waals surface area contributed by atoms with Crippen molar-refractivity contribution in [2.75, 3.05) is 13.2 Å². The van der Waals surface area contributed by atoms with E-state index in [1.807, 2.05) is 0 Å². The van der Waals surface area contributed by atoms with E-state index in [2.05, 4.69) is 12.2 Å². The second-order valence-electron chi connectivity index (χ2n) is 4.94. The molecule has 0 saturated carbocycles. The van der Waals surface area contributed by atoms with Gasteiger partial charge in [0.15, 0.2) is 0 Å². The first-order chi connectivity index (χ1) is 8.65. The van der Waals surface area contributed by atoms with Crippen LogP contribution < -0.4 is 5.32 Å². The number of nitrogens with one attached hydrogen (secondary N) is 1. The van der Waals surface area contributed by atoms with Gasteiger partial charge in [-0.2, -0.15) is 0 Å². The van der Waals surface area contributed by atoms with Gasteiger partial charge in [0.25, 0.3) is 0 Å². The number of halogens is 1. The molecular weight excluding hydrogens is 233 g/mol. The molecule has 0 aromatic heterocycles. The minimum Gasteiger partial charge on any atom is -0.508 e. The number of benzene rings is 1. The van der Waals surface area contributed by atoms with Crippen LogP contribution in [0.4, 0.5) is 4.39 Å². The van der Waals surface area contributed by atoms with Crippen LogP contribution in [0.3, 0.4) is 0 Å². The van der Waals surface area contributed by atoms with Crippen molar-refractivity contribution >= 4 is 0 Å². The molecule has 0 spiro atoms. The maximum Gasteiger partial charge on any atom is 0.127 e. The van der Waals surface area contributed by atoms with Crippen LogP contribution in [-0.4, -0.2) is 24.4 Å². The van der Waals surface area contributed by atoms with Crippen LogP contribution >= 0.6 is 0 Å². The van der Waals surface area contributed by atoms with E-state index in [0.29, 0.717) is 18.5 Å². The minimum atomic E-state index is -0.398. The largest absolute Gasteiger partial charge is 0.508 e. The summed E-state index contributed by atoms with van der Waals surface area (Å²) >= 11 is 0. The zero-order chi connectivity index (χ0) is 13.0. The van der Waals surface area contributed by atoms with Crippen molar-refractivity contribution in [1.82, 2.24) is 5.32 Å². The van der Waals surface area contributed by atoms with Crippen LogP contribution in [-0.2, 0) is 11.3 Å². The molecule has 0 bridgehead atoms. The molecule has 0 amide bonds. The standard InChI is InChI=1S/C14H20FNO2/c1-10(12-2-4-18-5-3-12)16-9-11-6-13(15)8-14(17)7-11/h6-8,10,12,16-17H,2-5,9H2,1H3. The number of rotatable bonds is 4. The van der Waals surface area contributed by atoms with E-state index < -0.39 is 5.82 Å². The summed E-state index contributed by atoms with van der Waals surface area (Å²) in [5.74, 6) is 0.192. The van der Waals surface area contributed by atoms with Gasteiger partial charge in [-0.05, 0) is 43.4 Å². The Morgan fingerprint density at radius 2 is 2.11 bits per heavy atom. The Bertz CT molecular complexity index is 371. The lowest BCUT2D eigenvalue weighted by atomic mass is 9.93. The number of hydrogen-bond donors (Lipinski definition) is 2. The van der Waals surface area contributed by atoms with Gasteiger partial charge in [-0.3, -0.25) is 0 Å². The maximum absolute atomic E-state index is 13.1. The monoisotopic (exact) mass is 253 g/mol. The number of phenolic OH excluding ortho intramolecular Hbond substituents is 1. The Labute approximate surface area is 107 Å². The molecule has 1 aromatic carbocycles. The van der Waals surface area contributed by atoms with Crippen molar-refractivity contribution in [2.45, 2.75) is 32.4 Å². The lowest BCUT2D eigenvalue weighted by molar-refractivity contribution is 0.0558. The number of aromatic hydroxyl groups is 1. The highest BCUT2D eigenvalue weighted by Crippen LogP contribution is 2.19. The van der Waals surface area contributed by atoms with Gasteiger partial charge in [-0.25, -0.2) is 4.39 Å². The minimum absolute atomic E-state index is 0.0227. The molecular formula is C14H20FNO2. The van der Waals surface area contributed by atoms with Crippen LogP contribution in [0.25, 0.3) is 0 Å². The van der Waals surface area contributed by atoms with Crippen LogP contribution in [0.1, 0.15) is 25.3 Å². The third-order valence-corrected chi connectivity index (χ3v) is 3.54. The Morgan fingerprint density at radius 1 is 1.39 bits per heavy atom. The molecule has 1 heterocycles. The number of phenols is 1. The predicted molar refractivity (Wildman–Crippen MR) is 67.9 cm³/mol. The lowest BCUT2D eigenvalue weighted by Crippen LogP contribution is -2.36. The topological polar surface area (TPSA) is 41.5 Å². The van der Waals surface area contributed by atoms with E-state index in [4.69, 9.17) is 4.74 Å². The molecule has 0 aliphatic carbocycles. The molecule has 100 valence electrons. The Morgan fingerprint density at radius 3 is 2.78 bits per heavy atom. The smallest absolute Gasteiger partial charge is 0.127 e. The lowest BCUT2D eigenvalue weighted by Gasteiger charge is -2.28. The SMILES string of the molecule is CC(NCc1cc(O)cc(F)c1)C1CCOCC1. The van der Waals surface area contributed by atoms with Gasteiger partial charge in [-0.15, -0.1) is 0 Å². The summed E-state index contributed by atoms with van der Waals surface area (Å²) in [6.07, 6.45) is 2.14. The van der Waals surface area contributed by atoms with Gasteiger partial charge >= 0.3 is 0 Å². The van der Waals surface area contributed by atoms with Crippen molar-refractivity contribution in [3.8, 4) is 5.75 Å². The van der Waals surface area contributed by atoms with Crippen molar-refractivity contribution in [1.29, 1.82) is 0 Å². The molecule has 1 aromatic rings. The Balaban J connectivity index is 1.86. The molecule has 1 unspecified atom stereocenters. The summed E-state index contributed by atoms with van der Waals surface area (Å²) in [4.78, 5) is 0. The van der Waals surface area contributed by atoms with Gasteiger partial charge in [0.2, 0.25) is 0 Å². The zero-order valence-electron chi connectivity index (χ0n) is 10.7. The second-order valence-corrected chi connectivity index (χ2v) is 4.94. The van der Waals surface area contributed by atoms with E-state index in [1.54, 1.807) is 6.07 Å². The Hall–Kier alpha value is -1.13. The molecule has 1 saturated heterocycles. The molecule has 2 rings (SSSR count). The fourth-order valence-electron chi connectivity index (χ4n) is 2.40. The van der Waals surface area contributed by atoms with E-state index in [0.717, 1.165) is 37.7 Å². The number of hydrogen-bond acceptors (Lipinski definition) is 3. The van der Waals surface area contributed by atoms with Crippen molar-refractivity contribution in [3.05, 3.63) is 29.6 Å². The summed E-state index contributed by atoms with van der Waals surface area (Å²) in [5.41, 5.74) is 0.770. The quantitative estimate of drug-likeness (QED) is 0.866. The molecule has 1 atom stereocenters. The highest BCUT2D eigenvalue weighted by molar-refractivity contribution is 5.28. The first-order valence-corrected chi connectivity index (χ1v) is 6.44. The van der Waals surface area contributed by atoms with E-state index in [9.17, 15) is 9.50 Å². The van der Waals surface area contributed by atoms with E-state index in [1.165, 1.54) is 6.07 Å². The third-order valence-electron chi connectivity index (χ3n) is 3.54. The first-order valence-electron chi connectivity index (χ1n) is 6.44. The van der Waals surface area contributed by atoms with Gasteiger partial charge in [0.1, 0.15) is 11.6 Å². The zero-order valence-corrected chi connectivity index (χ0v) is 10.7. The average Bonchev–Trinajstić information content (AvgIpc) is 2.36. The van der Waals surface area contributed by atoms with E-state index >= 15 is 0 Å². The van der Waals surface area contributed by atoms with Gasteiger partial charge < -0.3 is 15.2 Å². The van der Waals surface area contributed by atoms with Crippen LogP contribution in [0, 0.1) is 11.7 Å². The van der Waals surface area contributed by atoms with Gasteiger partial charge in [-0.1, -0.05) is 0 Å². The summed E-state index contributed by atoms with van der Waals surface area (Å²) in [6.45, 7) is 4.38. The fourth-order valence-corrected chi connectivity index (χ4v) is 2.40. The normalized spacial score (nSPS) is 18.8. The summed E-state index contributed by atoms with van der Waals surface area (Å²) in [5, 5.41) is 12.7. The van der Waals surface area contributed by atoms with Crippen molar-refractivity contribution in [2.24, 2.45) is 5.92 Å². The molecule has 4 heteroatoms.